The van der Waals surface area contributed by atoms with Crippen molar-refractivity contribution >= 4 is 52.0 Å². The van der Waals surface area contributed by atoms with E-state index in [0.29, 0.717) is 31.4 Å². The van der Waals surface area contributed by atoms with Crippen molar-refractivity contribution in [1.29, 1.82) is 0 Å². The van der Waals surface area contributed by atoms with Crippen molar-refractivity contribution in [2.75, 3.05) is 26.2 Å². The van der Waals surface area contributed by atoms with E-state index in [4.69, 9.17) is 9.47 Å². The van der Waals surface area contributed by atoms with E-state index in [1.807, 2.05) is 88.0 Å². The number of ether oxygens (including phenoxy) is 2. The van der Waals surface area contributed by atoms with Crippen LogP contribution in [-0.4, -0.2) is 121 Å². The van der Waals surface area contributed by atoms with Gasteiger partial charge in [0.05, 0.1) is 28.7 Å². The van der Waals surface area contributed by atoms with Crippen LogP contribution in [0.2, 0.25) is 0 Å². The number of para-hydroxylation sites is 1. The number of nitrogens with one attached hydrogen (secondary N) is 3. The SMILES string of the molecule is Cc1ncsc1-c1ccc(CNC(=O)[C@@H]2C[C@@H]([C@]3(C(=O)O)CCCN3C(=O)OC(C)(C)C)CN2C(=O)C(NC(=O)CCCCCCCCCCOc2cc(F)c([C@@H]3c4[nH]c5ccccc5c4C[C@@H](C)N3CC(C)(C)F)c(F)c2)C(C)(C)C)cc1. The van der Waals surface area contributed by atoms with Crippen LogP contribution in [0.1, 0.15) is 173 Å². The molecule has 2 saturated heterocycles. The van der Waals surface area contributed by atoms with E-state index in [9.17, 15) is 29.1 Å². The van der Waals surface area contributed by atoms with Gasteiger partial charge in [0, 0.05) is 78.9 Å². The third-order valence-electron chi connectivity index (χ3n) is 16.8. The summed E-state index contributed by atoms with van der Waals surface area (Å²) in [6.45, 7) is 17.9. The smallest absolute Gasteiger partial charge is 0.411 e. The van der Waals surface area contributed by atoms with Gasteiger partial charge < -0.3 is 35.1 Å². The van der Waals surface area contributed by atoms with Crippen LogP contribution in [0.3, 0.4) is 0 Å². The normalized spacial score (nSPS) is 20.7. The molecule has 0 radical (unpaired) electrons. The van der Waals surface area contributed by atoms with Crippen molar-refractivity contribution in [2.24, 2.45) is 11.3 Å². The maximum atomic E-state index is 16.2. The highest BCUT2D eigenvalue weighted by molar-refractivity contribution is 7.13. The van der Waals surface area contributed by atoms with E-state index in [0.717, 1.165) is 76.7 Å². The molecule has 15 nitrogen and oxygen atoms in total. The fourth-order valence-corrected chi connectivity index (χ4v) is 13.5. The molecule has 0 aliphatic carbocycles. The van der Waals surface area contributed by atoms with Gasteiger partial charge in [0.25, 0.3) is 0 Å². The quantitative estimate of drug-likeness (QED) is 0.0459. The lowest BCUT2D eigenvalue weighted by Crippen LogP contribution is -2.60. The first kappa shape index (κ1) is 63.5. The first-order chi connectivity index (χ1) is 39.7. The van der Waals surface area contributed by atoms with Crippen LogP contribution >= 0.6 is 11.3 Å². The van der Waals surface area contributed by atoms with Crippen molar-refractivity contribution in [3.63, 3.8) is 0 Å². The number of aryl methyl sites for hydroxylation is 1. The second-order valence-electron chi connectivity index (χ2n) is 26.1. The fourth-order valence-electron chi connectivity index (χ4n) is 12.7. The standard InChI is InChI=1S/C65H86F3N7O8S/c1-40-32-47-46-22-18-19-23-50(46)71-54(47)55(74(40)38-64(9,10)68)53-48(66)34-45(35-49(53)67)82-31-20-16-14-12-11-13-15-17-24-52(76)72-57(62(3,4)5)59(78)73-37-44(65(60(79)80)29-21-30-75(65)61(81)83-63(6,7)8)33-51(73)58(77)69-36-42-25-27-43(28-26-42)56-41(2)70-39-84-56/h18-19,22-23,25-28,34-35,39-40,44,51,55,57,71H,11-17,20-21,24,29-33,36-38H2,1-10H3,(H,69,77)(H,72,76)(H,79,80)/t40-,44-,51+,55-,57?,65+/m1/s1. The number of rotatable bonds is 23. The van der Waals surface area contributed by atoms with Gasteiger partial charge in [-0.15, -0.1) is 11.3 Å². The summed E-state index contributed by atoms with van der Waals surface area (Å²) in [5.41, 5.74) is 1.88. The van der Waals surface area contributed by atoms with Crippen molar-refractivity contribution in [3.05, 3.63) is 106 Å². The Morgan fingerprint density at radius 2 is 1.56 bits per heavy atom. The summed E-state index contributed by atoms with van der Waals surface area (Å²) < 4.78 is 59.2. The molecule has 0 spiro atoms. The number of likely N-dealkylation sites (tertiary alicyclic amines) is 2. The molecular weight excluding hydrogens is 1100 g/mol. The number of carboxylic acids is 1. The molecule has 5 heterocycles. The zero-order valence-electron chi connectivity index (χ0n) is 50.6. The van der Waals surface area contributed by atoms with Crippen molar-refractivity contribution in [1.82, 2.24) is 35.3 Å². The van der Waals surface area contributed by atoms with E-state index in [1.165, 1.54) is 35.8 Å². The number of alkyl halides is 1. The number of halogens is 3. The van der Waals surface area contributed by atoms with Crippen LogP contribution in [0.5, 0.6) is 5.75 Å². The number of carbonyl (C=O) groups excluding carboxylic acids is 4. The Labute approximate surface area is 496 Å². The Balaban J connectivity index is 0.821. The topological polar surface area (TPSA) is 186 Å². The summed E-state index contributed by atoms with van der Waals surface area (Å²) in [6.07, 6.45) is 7.15. The average Bonchev–Trinajstić information content (AvgIpc) is 1.67. The zero-order valence-corrected chi connectivity index (χ0v) is 51.4. The predicted molar refractivity (Wildman–Crippen MR) is 320 cm³/mol. The lowest BCUT2D eigenvalue weighted by Gasteiger charge is -2.43. The monoisotopic (exact) mass is 1180 g/mol. The summed E-state index contributed by atoms with van der Waals surface area (Å²) in [6, 6.07) is 14.8. The lowest BCUT2D eigenvalue weighted by atomic mass is 9.80. The van der Waals surface area contributed by atoms with Gasteiger partial charge in [-0.1, -0.05) is 102 Å². The number of H-pyrrole nitrogens is 1. The van der Waals surface area contributed by atoms with Gasteiger partial charge in [0.1, 0.15) is 46.3 Å². The van der Waals surface area contributed by atoms with Crippen LogP contribution < -0.4 is 15.4 Å². The third-order valence-corrected chi connectivity index (χ3v) is 17.8. The largest absolute Gasteiger partial charge is 0.493 e. The van der Waals surface area contributed by atoms with E-state index in [1.54, 1.807) is 37.6 Å². The highest BCUT2D eigenvalue weighted by Gasteiger charge is 2.61. The Hall–Kier alpha value is -6.47. The minimum Gasteiger partial charge on any atom is -0.493 e. The number of fused-ring (bicyclic) bond motifs is 3. The molecule has 456 valence electrons. The number of aromatic nitrogens is 2. The Bertz CT molecular complexity index is 3120. The van der Waals surface area contributed by atoms with Gasteiger partial charge in [-0.2, -0.15) is 0 Å². The minimum atomic E-state index is -1.74. The number of nitrogens with zero attached hydrogens (tertiary/aromatic N) is 4. The molecule has 2 fully saturated rings. The molecule has 6 atom stereocenters. The zero-order chi connectivity index (χ0) is 60.9. The maximum Gasteiger partial charge on any atom is 0.411 e. The Morgan fingerprint density at radius 3 is 2.18 bits per heavy atom. The Kier molecular flexibility index (Phi) is 20.0. The number of aliphatic carboxylic acids is 1. The van der Waals surface area contributed by atoms with Gasteiger partial charge in [0.15, 0.2) is 0 Å². The maximum absolute atomic E-state index is 16.2. The fraction of sp³-hybridized carbons (Fsp3) is 0.569. The molecule has 0 saturated carbocycles. The van der Waals surface area contributed by atoms with E-state index < -0.39 is 81.8 Å². The number of amides is 4. The molecule has 4 amide bonds. The summed E-state index contributed by atoms with van der Waals surface area (Å²) in [5.74, 6) is -4.74. The summed E-state index contributed by atoms with van der Waals surface area (Å²) in [4.78, 5) is 83.6. The summed E-state index contributed by atoms with van der Waals surface area (Å²) in [7, 11) is 0. The lowest BCUT2D eigenvalue weighted by molar-refractivity contribution is -0.153. The third kappa shape index (κ3) is 14.8. The van der Waals surface area contributed by atoms with E-state index in [2.05, 4.69) is 20.6 Å². The van der Waals surface area contributed by atoms with Crippen LogP contribution in [0.4, 0.5) is 18.0 Å². The van der Waals surface area contributed by atoms with Crippen molar-refractivity contribution in [2.45, 2.75) is 200 Å². The molecule has 5 aromatic rings. The molecule has 19 heteroatoms. The van der Waals surface area contributed by atoms with Gasteiger partial charge in [-0.05, 0) is 115 Å². The molecule has 4 N–H and O–H groups in total. The number of unbranched alkanes of at least 4 members (excludes halogenated alkanes) is 7. The summed E-state index contributed by atoms with van der Waals surface area (Å²) >= 11 is 1.54. The number of carbonyl (C=O) groups is 5. The van der Waals surface area contributed by atoms with Gasteiger partial charge in [-0.3, -0.25) is 24.2 Å². The number of thiazole rings is 1. The average molecular weight is 1180 g/mol. The van der Waals surface area contributed by atoms with Crippen LogP contribution in [0.25, 0.3) is 21.3 Å². The Morgan fingerprint density at radius 1 is 0.905 bits per heavy atom. The van der Waals surface area contributed by atoms with E-state index >= 15 is 13.2 Å². The molecular formula is C65H86F3N7O8S. The first-order valence-corrected chi connectivity index (χ1v) is 30.8. The first-order valence-electron chi connectivity index (χ1n) is 29.9. The van der Waals surface area contributed by atoms with Gasteiger partial charge in [0.2, 0.25) is 17.7 Å². The second-order valence-corrected chi connectivity index (χ2v) is 26.9. The molecule has 3 aromatic carbocycles. The predicted octanol–water partition coefficient (Wildman–Crippen LogP) is 12.8. The number of benzene rings is 3. The van der Waals surface area contributed by atoms with Crippen LogP contribution in [-0.2, 0) is 36.9 Å². The number of hydrogen-bond donors (Lipinski definition) is 4. The number of hydrogen-bond acceptors (Lipinski definition) is 10. The van der Waals surface area contributed by atoms with Crippen LogP contribution in [0.15, 0.2) is 66.2 Å². The van der Waals surface area contributed by atoms with Gasteiger partial charge >= 0.3 is 12.1 Å². The highest BCUT2D eigenvalue weighted by atomic mass is 32.1. The molecule has 0 bridgehead atoms. The van der Waals surface area contributed by atoms with Gasteiger partial charge in [-0.25, -0.2) is 27.7 Å². The minimum absolute atomic E-state index is 0.00856. The highest BCUT2D eigenvalue weighted by Crippen LogP contribution is 2.46. The van der Waals surface area contributed by atoms with Crippen molar-refractivity contribution < 1.29 is 51.7 Å². The molecule has 3 aliphatic rings. The molecule has 1 unspecified atom stereocenters. The molecule has 84 heavy (non-hydrogen) atoms. The van der Waals surface area contributed by atoms with Crippen LogP contribution in [0, 0.1) is 29.9 Å². The van der Waals surface area contributed by atoms with Crippen molar-refractivity contribution in [3.8, 4) is 16.2 Å². The number of aromatic amines is 1. The number of carboxylic acid groups (broad SMARTS) is 1. The van der Waals surface area contributed by atoms with E-state index in [-0.39, 0.29) is 75.3 Å². The molecule has 8 rings (SSSR count). The second kappa shape index (κ2) is 26.4. The molecule has 2 aromatic heterocycles. The molecule has 3 aliphatic heterocycles. The summed E-state index contributed by atoms with van der Waals surface area (Å²) in [5, 5.41) is 18.0.